The molecular formula is C12H19NO2. The van der Waals surface area contributed by atoms with Crippen LogP contribution in [-0.4, -0.2) is 17.3 Å². The van der Waals surface area contributed by atoms with Gasteiger partial charge in [0, 0.05) is 18.7 Å². The van der Waals surface area contributed by atoms with Crippen LogP contribution in [0, 0.1) is 0 Å². The lowest BCUT2D eigenvalue weighted by atomic mass is 9.99. The maximum absolute atomic E-state index is 8.96. The van der Waals surface area contributed by atoms with E-state index in [4.69, 9.17) is 15.6 Å². The molecule has 0 heterocycles. The minimum absolute atomic E-state index is 0.138. The van der Waals surface area contributed by atoms with Gasteiger partial charge < -0.3 is 15.6 Å². The lowest BCUT2D eigenvalue weighted by Crippen LogP contribution is -2.32. The van der Waals surface area contributed by atoms with Crippen LogP contribution in [0.3, 0.4) is 0 Å². The first-order valence-electron chi connectivity index (χ1n) is 5.25. The Balaban J connectivity index is 2.70. The molecule has 0 aromatic heterocycles. The van der Waals surface area contributed by atoms with Gasteiger partial charge in [-0.3, -0.25) is 0 Å². The minimum Gasteiger partial charge on any atom is -0.488 e. The van der Waals surface area contributed by atoms with Crippen LogP contribution in [0.5, 0.6) is 5.75 Å². The van der Waals surface area contributed by atoms with Gasteiger partial charge in [0.1, 0.15) is 11.4 Å². The van der Waals surface area contributed by atoms with E-state index in [1.54, 1.807) is 0 Å². The zero-order valence-electron chi connectivity index (χ0n) is 9.36. The fraction of sp³-hybridized carbons (Fsp3) is 0.500. The molecule has 15 heavy (non-hydrogen) atoms. The van der Waals surface area contributed by atoms with E-state index in [1.807, 2.05) is 38.1 Å². The summed E-state index contributed by atoms with van der Waals surface area (Å²) in [5, 5.41) is 8.96. The van der Waals surface area contributed by atoms with Gasteiger partial charge in [0.2, 0.25) is 0 Å². The zero-order chi connectivity index (χ0) is 11.3. The summed E-state index contributed by atoms with van der Waals surface area (Å²) in [7, 11) is 0. The van der Waals surface area contributed by atoms with Crippen LogP contribution in [-0.2, 0) is 0 Å². The van der Waals surface area contributed by atoms with Gasteiger partial charge in [0.25, 0.3) is 0 Å². The number of rotatable bonds is 5. The zero-order valence-corrected chi connectivity index (χ0v) is 9.36. The molecule has 1 rings (SSSR count). The van der Waals surface area contributed by atoms with E-state index < -0.39 is 0 Å². The van der Waals surface area contributed by atoms with Gasteiger partial charge in [-0.2, -0.15) is 0 Å². The number of benzene rings is 1. The molecule has 0 aliphatic rings. The predicted octanol–water partition coefficient (Wildman–Crippen LogP) is 2.20. The standard InChI is InChI=1S/C12H19NO2/c1-3-12(2,8-9-14)15-11-6-4-10(13)5-7-11/h4-7,14H,3,8-9,13H2,1-2H3. The van der Waals surface area contributed by atoms with E-state index in [9.17, 15) is 0 Å². The van der Waals surface area contributed by atoms with Crippen LogP contribution < -0.4 is 10.5 Å². The molecular weight excluding hydrogens is 190 g/mol. The average Bonchev–Trinajstić information content (AvgIpc) is 2.22. The highest BCUT2D eigenvalue weighted by Crippen LogP contribution is 2.24. The minimum atomic E-state index is -0.301. The Morgan fingerprint density at radius 1 is 1.33 bits per heavy atom. The van der Waals surface area contributed by atoms with Crippen LogP contribution in [0.25, 0.3) is 0 Å². The predicted molar refractivity (Wildman–Crippen MR) is 61.9 cm³/mol. The number of hydrogen-bond acceptors (Lipinski definition) is 3. The van der Waals surface area contributed by atoms with E-state index in [0.29, 0.717) is 6.42 Å². The molecule has 0 saturated heterocycles. The molecule has 0 aliphatic heterocycles. The average molecular weight is 209 g/mol. The molecule has 0 bridgehead atoms. The lowest BCUT2D eigenvalue weighted by molar-refractivity contribution is 0.0551. The molecule has 0 fully saturated rings. The van der Waals surface area contributed by atoms with Crippen molar-refractivity contribution in [1.82, 2.24) is 0 Å². The molecule has 1 aromatic carbocycles. The van der Waals surface area contributed by atoms with Gasteiger partial charge in [-0.15, -0.1) is 0 Å². The number of aliphatic hydroxyl groups is 1. The van der Waals surface area contributed by atoms with Crippen molar-refractivity contribution < 1.29 is 9.84 Å². The fourth-order valence-corrected chi connectivity index (χ4v) is 1.36. The van der Waals surface area contributed by atoms with Crippen LogP contribution in [0.4, 0.5) is 5.69 Å². The first-order chi connectivity index (χ1) is 7.09. The van der Waals surface area contributed by atoms with Crippen molar-refractivity contribution in [2.45, 2.75) is 32.3 Å². The topological polar surface area (TPSA) is 55.5 Å². The van der Waals surface area contributed by atoms with Crippen LogP contribution in [0.15, 0.2) is 24.3 Å². The molecule has 0 saturated carbocycles. The molecule has 1 unspecified atom stereocenters. The van der Waals surface area contributed by atoms with Gasteiger partial charge in [0.05, 0.1) is 0 Å². The van der Waals surface area contributed by atoms with Crippen molar-refractivity contribution >= 4 is 5.69 Å². The van der Waals surface area contributed by atoms with Crippen LogP contribution in [0.2, 0.25) is 0 Å². The maximum atomic E-state index is 8.96. The molecule has 3 heteroatoms. The number of nitrogens with two attached hydrogens (primary N) is 1. The Labute approximate surface area is 90.9 Å². The summed E-state index contributed by atoms with van der Waals surface area (Å²) < 4.78 is 5.83. The molecule has 3 N–H and O–H groups in total. The van der Waals surface area contributed by atoms with Gasteiger partial charge in [0.15, 0.2) is 0 Å². The molecule has 1 atom stereocenters. The van der Waals surface area contributed by atoms with Gasteiger partial charge in [-0.25, -0.2) is 0 Å². The Kier molecular flexibility index (Phi) is 3.97. The van der Waals surface area contributed by atoms with Crippen LogP contribution in [0.1, 0.15) is 26.7 Å². The Hall–Kier alpha value is -1.22. The van der Waals surface area contributed by atoms with E-state index in [1.165, 1.54) is 0 Å². The summed E-state index contributed by atoms with van der Waals surface area (Å²) in [5.41, 5.74) is 6.01. The Morgan fingerprint density at radius 3 is 2.40 bits per heavy atom. The summed E-state index contributed by atoms with van der Waals surface area (Å²) in [4.78, 5) is 0. The fourth-order valence-electron chi connectivity index (χ4n) is 1.36. The van der Waals surface area contributed by atoms with Crippen molar-refractivity contribution in [3.63, 3.8) is 0 Å². The number of aliphatic hydroxyl groups excluding tert-OH is 1. The molecule has 3 nitrogen and oxygen atoms in total. The third kappa shape index (κ3) is 3.44. The number of hydrogen-bond donors (Lipinski definition) is 2. The second-order valence-corrected chi connectivity index (χ2v) is 3.95. The second-order valence-electron chi connectivity index (χ2n) is 3.95. The largest absolute Gasteiger partial charge is 0.488 e. The number of nitrogen functional groups attached to an aromatic ring is 1. The monoisotopic (exact) mass is 209 g/mol. The van der Waals surface area contributed by atoms with Crippen molar-refractivity contribution in [2.75, 3.05) is 12.3 Å². The maximum Gasteiger partial charge on any atom is 0.120 e. The lowest BCUT2D eigenvalue weighted by Gasteiger charge is -2.29. The second kappa shape index (κ2) is 5.03. The summed E-state index contributed by atoms with van der Waals surface area (Å²) in [6, 6.07) is 7.32. The van der Waals surface area contributed by atoms with Crippen molar-refractivity contribution in [3.05, 3.63) is 24.3 Å². The normalized spacial score (nSPS) is 14.6. The van der Waals surface area contributed by atoms with E-state index in [-0.39, 0.29) is 12.2 Å². The molecule has 0 aliphatic carbocycles. The van der Waals surface area contributed by atoms with Gasteiger partial charge in [-0.05, 0) is 37.6 Å². The molecule has 0 radical (unpaired) electrons. The third-order valence-corrected chi connectivity index (χ3v) is 2.63. The highest BCUT2D eigenvalue weighted by molar-refractivity contribution is 5.41. The van der Waals surface area contributed by atoms with E-state index in [0.717, 1.165) is 17.9 Å². The summed E-state index contributed by atoms with van der Waals surface area (Å²) >= 11 is 0. The van der Waals surface area contributed by atoms with E-state index >= 15 is 0 Å². The Bertz CT molecular complexity index is 297. The number of ether oxygens (including phenoxy) is 1. The van der Waals surface area contributed by atoms with Crippen molar-refractivity contribution in [1.29, 1.82) is 0 Å². The summed E-state index contributed by atoms with van der Waals surface area (Å²) in [6.07, 6.45) is 1.49. The summed E-state index contributed by atoms with van der Waals surface area (Å²) in [6.45, 7) is 4.19. The van der Waals surface area contributed by atoms with Crippen molar-refractivity contribution in [2.24, 2.45) is 0 Å². The quantitative estimate of drug-likeness (QED) is 0.731. The SMILES string of the molecule is CCC(C)(CCO)Oc1ccc(N)cc1. The van der Waals surface area contributed by atoms with Crippen molar-refractivity contribution in [3.8, 4) is 5.75 Å². The molecule has 1 aromatic rings. The highest BCUT2D eigenvalue weighted by atomic mass is 16.5. The third-order valence-electron chi connectivity index (χ3n) is 2.63. The molecule has 0 amide bonds. The highest BCUT2D eigenvalue weighted by Gasteiger charge is 2.23. The first-order valence-corrected chi connectivity index (χ1v) is 5.25. The van der Waals surface area contributed by atoms with E-state index in [2.05, 4.69) is 0 Å². The first kappa shape index (κ1) is 11.9. The Morgan fingerprint density at radius 2 is 1.93 bits per heavy atom. The van der Waals surface area contributed by atoms with Crippen LogP contribution >= 0.6 is 0 Å². The number of anilines is 1. The van der Waals surface area contributed by atoms with Gasteiger partial charge >= 0.3 is 0 Å². The summed E-state index contributed by atoms with van der Waals surface area (Å²) in [5.74, 6) is 0.794. The van der Waals surface area contributed by atoms with Gasteiger partial charge in [-0.1, -0.05) is 6.92 Å². The molecule has 0 spiro atoms. The smallest absolute Gasteiger partial charge is 0.120 e. The molecule has 84 valence electrons.